The average Bonchev–Trinajstić information content (AvgIpc) is 4.05. The molecule has 0 spiro atoms. The molecule has 0 N–H and O–H groups in total. The Labute approximate surface area is 457 Å². The molecule has 2 heterocycles. The molecule has 6 aromatic rings. The zero-order valence-corrected chi connectivity index (χ0v) is 45.4. The van der Waals surface area contributed by atoms with Crippen LogP contribution in [-0.4, -0.2) is 107 Å². The summed E-state index contributed by atoms with van der Waals surface area (Å²) in [4.78, 5) is 57.9. The van der Waals surface area contributed by atoms with Gasteiger partial charge in [0.1, 0.15) is 12.1 Å². The number of benzene rings is 6. The molecular weight excluding hydrogens is 983 g/mol. The Morgan fingerprint density at radius 2 is 0.931 bits per heavy atom. The number of nitrogens with zero attached hydrogens (tertiary/aromatic N) is 2. The second kappa shape index (κ2) is 30.6. The van der Waals surface area contributed by atoms with Crippen molar-refractivity contribution in [1.82, 2.24) is 9.80 Å². The number of alkyl halides is 1. The van der Waals surface area contributed by atoms with Crippen molar-refractivity contribution in [2.45, 2.75) is 46.6 Å². The Hall–Kier alpha value is -5.39. The van der Waals surface area contributed by atoms with E-state index in [1.54, 1.807) is 16.7 Å². The van der Waals surface area contributed by atoms with E-state index in [-0.39, 0.29) is 78.7 Å². The van der Waals surface area contributed by atoms with Crippen LogP contribution in [0.25, 0.3) is 0 Å². The third-order valence-electron chi connectivity index (χ3n) is 11.8. The Morgan fingerprint density at radius 1 is 0.611 bits per heavy atom. The third-order valence-corrected chi connectivity index (χ3v) is 13.9. The van der Waals surface area contributed by atoms with Gasteiger partial charge >= 0.3 is 41.5 Å². The molecule has 0 aromatic heterocycles. The molecule has 2 saturated heterocycles. The smallest absolute Gasteiger partial charge is 0.780 e. The van der Waals surface area contributed by atoms with Crippen LogP contribution >= 0.6 is 11.8 Å². The monoisotopic (exact) mass is 1040 g/mol. The molecule has 0 bridgehead atoms. The summed E-state index contributed by atoms with van der Waals surface area (Å²) >= 11 is 6.58. The number of rotatable bonds is 14. The maximum absolute atomic E-state index is 13.9. The SMILES string of the molecule is COC(=O)[C@@H]1C[C@H](COS(C)(=O)=O)CN1C(=O)C(c1ccccc1)c1ccccc1.COC(=O)[C@@H]1C[C@H](CSc2ccccc2)CN1C(=O)C(c1ccccc1)c1ccccc1.[2H]CF.[Na+].[S-]c1ccccc1. The van der Waals surface area contributed by atoms with E-state index >= 15 is 0 Å². The minimum atomic E-state index is -3.61. The van der Waals surface area contributed by atoms with E-state index in [9.17, 15) is 32.0 Å². The molecule has 0 saturated carbocycles. The molecule has 6 aromatic carbocycles. The molecule has 8 rings (SSSR count). The first-order chi connectivity index (χ1) is 34.8. The Bertz CT molecular complexity index is 2610. The fraction of sp³-hybridized carbons (Fsp3) is 0.286. The minimum absolute atomic E-state index is 0. The summed E-state index contributed by atoms with van der Waals surface area (Å²) in [6.45, 7) is 0.677. The number of methoxy groups -OCH3 is 2. The number of hydrogen-bond acceptors (Lipinski definition) is 11. The van der Waals surface area contributed by atoms with Gasteiger partial charge < -0.3 is 31.9 Å². The molecule has 0 unspecified atom stereocenters. The molecule has 2 aliphatic rings. The topological polar surface area (TPSA) is 137 Å². The molecule has 0 radical (unpaired) electrons. The minimum Gasteiger partial charge on any atom is -0.780 e. The van der Waals surface area contributed by atoms with E-state index in [4.69, 9.17) is 27.7 Å². The maximum atomic E-state index is 13.9. The number of halogens is 1. The van der Waals surface area contributed by atoms with Gasteiger partial charge in [-0.3, -0.25) is 18.2 Å². The van der Waals surface area contributed by atoms with Crippen LogP contribution < -0.4 is 29.6 Å². The van der Waals surface area contributed by atoms with Crippen molar-refractivity contribution in [3.63, 3.8) is 0 Å². The average molecular weight is 1040 g/mol. The third kappa shape index (κ3) is 17.7. The molecular formula is C56H60FN2NaO9S3. The van der Waals surface area contributed by atoms with Crippen molar-refractivity contribution < 1.29 is 76.6 Å². The number of ether oxygens (including phenoxy) is 2. The van der Waals surface area contributed by atoms with Gasteiger partial charge in [-0.2, -0.15) is 13.3 Å². The van der Waals surface area contributed by atoms with Crippen molar-refractivity contribution in [3.05, 3.63) is 204 Å². The normalized spacial score (nSPS) is 17.1. The van der Waals surface area contributed by atoms with Crippen molar-refractivity contribution in [2.75, 3.05) is 53.1 Å². The van der Waals surface area contributed by atoms with Crippen LogP contribution in [0, 0.1) is 11.8 Å². The van der Waals surface area contributed by atoms with Gasteiger partial charge in [0.25, 0.3) is 10.1 Å². The molecule has 72 heavy (non-hydrogen) atoms. The number of esters is 2. The van der Waals surface area contributed by atoms with E-state index in [0.29, 0.717) is 13.0 Å². The number of carbonyl (C=O) groups excluding carboxylic acids is 4. The molecule has 0 aliphatic carbocycles. The number of amides is 2. The van der Waals surface area contributed by atoms with Crippen molar-refractivity contribution in [3.8, 4) is 0 Å². The molecule has 374 valence electrons. The maximum Gasteiger partial charge on any atom is 1.00 e. The predicted molar refractivity (Wildman–Crippen MR) is 278 cm³/mol. The molecule has 11 nitrogen and oxygen atoms in total. The van der Waals surface area contributed by atoms with Crippen LogP contribution in [0.4, 0.5) is 4.39 Å². The van der Waals surface area contributed by atoms with E-state index in [1.165, 1.54) is 24.0 Å². The van der Waals surface area contributed by atoms with Gasteiger partial charge in [-0.15, -0.1) is 11.8 Å². The number of likely N-dealkylation sites (tertiary alicyclic amines) is 2. The van der Waals surface area contributed by atoms with Crippen molar-refractivity contribution >= 4 is 58.3 Å². The first-order valence-corrected chi connectivity index (χ1v) is 26.0. The van der Waals surface area contributed by atoms with E-state index in [0.717, 1.165) is 39.2 Å². The predicted octanol–water partition coefficient (Wildman–Crippen LogP) is 6.37. The van der Waals surface area contributed by atoms with Crippen LogP contribution in [0.5, 0.6) is 0 Å². The standard InChI is InChI=1S/C27H27NO3S.C22H25NO6S.C6H6S.CH3F.Na/c1-31-27(30)24-17-20(19-32-23-15-9-4-10-16-23)18-28(24)26(29)25(21-11-5-2-6-12-21)22-13-7-3-8-14-22;1-28-22(25)19-13-16(15-29-30(2,26)27)14-23(19)21(24)20(17-9-5-3-6-10-17)18-11-7-4-8-12-18;7-6-4-2-1-3-5-6;1-2;/h2-16,20,24-25H,17-19H2,1H3;3-12,16,19-20H,13-15H2,1-2H3;1-5,7H;1H3;/q;;;;+1/p-1/t20-,24-;16-,19-;;;/m00.../s1/i;;;1D;. The van der Waals surface area contributed by atoms with Gasteiger partial charge in [-0.05, 0) is 53.1 Å². The number of carbonyl (C=O) groups is 4. The van der Waals surface area contributed by atoms with Gasteiger partial charge in [0, 0.05) is 29.7 Å². The molecule has 16 heteroatoms. The molecule has 2 fully saturated rings. The van der Waals surface area contributed by atoms with Crippen LogP contribution in [0.1, 0.15) is 48.3 Å². The van der Waals surface area contributed by atoms with Gasteiger partial charge in [0.2, 0.25) is 11.8 Å². The van der Waals surface area contributed by atoms with E-state index in [2.05, 4.69) is 12.1 Å². The molecule has 4 atom stereocenters. The largest absolute Gasteiger partial charge is 1.00 e. The zero-order chi connectivity index (χ0) is 51.9. The summed E-state index contributed by atoms with van der Waals surface area (Å²) in [6.07, 6.45) is 1.88. The number of hydrogen-bond donors (Lipinski definition) is 0. The summed E-state index contributed by atoms with van der Waals surface area (Å²) < 4.78 is 53.1. The van der Waals surface area contributed by atoms with Crippen molar-refractivity contribution in [2.24, 2.45) is 11.8 Å². The van der Waals surface area contributed by atoms with E-state index < -0.39 is 47.2 Å². The summed E-state index contributed by atoms with van der Waals surface area (Å²) in [5.74, 6) is -1.41. The Balaban J connectivity index is 0.000000263. The number of thioether (sulfide) groups is 1. The zero-order valence-electron chi connectivity index (χ0n) is 41.9. The second-order valence-corrected chi connectivity index (χ2v) is 19.9. The quantitative estimate of drug-likeness (QED) is 0.0396. The summed E-state index contributed by atoms with van der Waals surface area (Å²) in [5, 5.41) is 0. The summed E-state index contributed by atoms with van der Waals surface area (Å²) in [5.41, 5.74) is 3.48. The molecule has 2 amide bonds. The van der Waals surface area contributed by atoms with Crippen LogP contribution in [0.15, 0.2) is 192 Å². The van der Waals surface area contributed by atoms with E-state index in [1.807, 2.05) is 170 Å². The van der Waals surface area contributed by atoms with Gasteiger partial charge in [-0.25, -0.2) is 9.59 Å². The first kappa shape index (κ1) is 57.5. The summed E-state index contributed by atoms with van der Waals surface area (Å²) in [6, 6.07) is 56.8. The van der Waals surface area contributed by atoms with Gasteiger partial charge in [0.05, 0.1) is 47.4 Å². The first-order valence-electron chi connectivity index (χ1n) is 23.5. The van der Waals surface area contributed by atoms with Gasteiger partial charge in [0.15, 0.2) is 0 Å². The fourth-order valence-electron chi connectivity index (χ4n) is 8.53. The summed E-state index contributed by atoms with van der Waals surface area (Å²) in [7, 11) is -1.95. The molecule has 2 aliphatic heterocycles. The van der Waals surface area contributed by atoms with Crippen LogP contribution in [-0.2, 0) is 55.6 Å². The fourth-order valence-corrected chi connectivity index (χ4v) is 10.1. The van der Waals surface area contributed by atoms with Crippen LogP contribution in [0.3, 0.4) is 0 Å². The second-order valence-electron chi connectivity index (χ2n) is 16.7. The van der Waals surface area contributed by atoms with Gasteiger partial charge in [-0.1, -0.05) is 170 Å². The Morgan fingerprint density at radius 3 is 1.25 bits per heavy atom. The van der Waals surface area contributed by atoms with Crippen molar-refractivity contribution in [1.29, 1.82) is 0 Å². The Kier molecular flexibility index (Phi) is 24.4. The van der Waals surface area contributed by atoms with Crippen LogP contribution in [0.2, 0.25) is 0 Å².